The summed E-state index contributed by atoms with van der Waals surface area (Å²) >= 11 is 0. The maximum atomic E-state index is 12.8. The van der Waals surface area contributed by atoms with E-state index in [1.54, 1.807) is 20.8 Å². The fourth-order valence-corrected chi connectivity index (χ4v) is 8.70. The number of esters is 1. The van der Waals surface area contributed by atoms with E-state index in [-0.39, 0.29) is 50.1 Å². The van der Waals surface area contributed by atoms with Crippen LogP contribution in [0.15, 0.2) is 0 Å². The average Bonchev–Trinajstić information content (AvgIpc) is 2.97. The lowest BCUT2D eigenvalue weighted by molar-refractivity contribution is -0.390. The molecule has 0 radical (unpaired) electrons. The van der Waals surface area contributed by atoms with Crippen molar-refractivity contribution in [2.75, 3.05) is 13.2 Å². The van der Waals surface area contributed by atoms with Crippen LogP contribution in [0.5, 0.6) is 0 Å². The zero-order chi connectivity index (χ0) is 24.0. The molecular weight excluding hydrogens is 428 g/mol. The molecule has 1 aliphatic heterocycles. The number of hydrogen-bond acceptors (Lipinski definition) is 8. The van der Waals surface area contributed by atoms with Gasteiger partial charge in [-0.3, -0.25) is 9.59 Å². The summed E-state index contributed by atoms with van der Waals surface area (Å²) in [5.41, 5.74) is -4.39. The van der Waals surface area contributed by atoms with Crippen molar-refractivity contribution in [1.29, 1.82) is 0 Å². The van der Waals surface area contributed by atoms with Crippen LogP contribution >= 0.6 is 0 Å². The minimum Gasteiger partial charge on any atom is -0.466 e. The molecule has 4 saturated carbocycles. The summed E-state index contributed by atoms with van der Waals surface area (Å²) in [6.07, 6.45) is 0.615. The molecule has 5 aliphatic rings. The highest BCUT2D eigenvalue weighted by Gasteiger charge is 2.77. The molecule has 0 aromatic heterocycles. The first-order chi connectivity index (χ1) is 15.3. The Hall–Kier alpha value is -1.06. The third kappa shape index (κ3) is 2.94. The number of Topliss-reactive ketones (excluding diaryl/α,β-unsaturated/α-hetero) is 1. The molecule has 9 atom stereocenters. The number of rotatable bonds is 2. The van der Waals surface area contributed by atoms with E-state index in [4.69, 9.17) is 14.2 Å². The van der Waals surface area contributed by atoms with Gasteiger partial charge in [0, 0.05) is 24.2 Å². The minimum absolute atomic E-state index is 0.00767. The fourth-order valence-electron chi connectivity index (χ4n) is 8.70. The van der Waals surface area contributed by atoms with Crippen LogP contribution in [0.3, 0.4) is 0 Å². The lowest BCUT2D eigenvalue weighted by atomic mass is 9.40. The third-order valence-electron chi connectivity index (χ3n) is 10.1. The van der Waals surface area contributed by atoms with Crippen molar-refractivity contribution in [2.24, 2.45) is 28.6 Å². The van der Waals surface area contributed by atoms with Crippen LogP contribution < -0.4 is 0 Å². The van der Waals surface area contributed by atoms with Crippen molar-refractivity contribution < 1.29 is 39.1 Å². The molecule has 1 spiro atoms. The monoisotopic (exact) mass is 466 g/mol. The van der Waals surface area contributed by atoms with Gasteiger partial charge in [-0.05, 0) is 58.8 Å². The van der Waals surface area contributed by atoms with Gasteiger partial charge < -0.3 is 29.5 Å². The quantitative estimate of drug-likeness (QED) is 0.526. The number of ether oxygens (including phenoxy) is 3. The van der Waals surface area contributed by atoms with Gasteiger partial charge in [0.05, 0.1) is 48.0 Å². The predicted octanol–water partition coefficient (Wildman–Crippen LogP) is 1.72. The molecule has 5 rings (SSSR count). The van der Waals surface area contributed by atoms with E-state index < -0.39 is 51.9 Å². The highest BCUT2D eigenvalue weighted by Crippen LogP contribution is 2.70. The zero-order valence-corrected chi connectivity index (χ0v) is 20.1. The summed E-state index contributed by atoms with van der Waals surface area (Å²) in [4.78, 5) is 25.5. The Labute approximate surface area is 195 Å². The van der Waals surface area contributed by atoms with Crippen molar-refractivity contribution in [2.45, 2.75) is 102 Å². The van der Waals surface area contributed by atoms with Gasteiger partial charge in [0.2, 0.25) is 0 Å². The van der Waals surface area contributed by atoms with Crippen LogP contribution in [0.1, 0.15) is 72.6 Å². The second-order valence-corrected chi connectivity index (χ2v) is 11.9. The number of aliphatic hydroxyl groups excluding tert-OH is 1. The summed E-state index contributed by atoms with van der Waals surface area (Å²) in [7, 11) is 0. The van der Waals surface area contributed by atoms with Crippen molar-refractivity contribution in [1.82, 2.24) is 0 Å². The molecular formula is C25H38O8. The largest absolute Gasteiger partial charge is 0.466 e. The van der Waals surface area contributed by atoms with Gasteiger partial charge >= 0.3 is 5.97 Å². The van der Waals surface area contributed by atoms with Crippen LogP contribution in [0, 0.1) is 28.6 Å². The minimum atomic E-state index is -1.37. The van der Waals surface area contributed by atoms with Crippen molar-refractivity contribution in [3.8, 4) is 0 Å². The molecule has 0 unspecified atom stereocenters. The molecule has 4 aliphatic carbocycles. The van der Waals surface area contributed by atoms with E-state index in [2.05, 4.69) is 0 Å². The predicted molar refractivity (Wildman–Crippen MR) is 116 cm³/mol. The number of aliphatic hydroxyl groups is 3. The maximum Gasteiger partial charge on any atom is 0.309 e. The molecule has 0 bridgehead atoms. The number of carbonyl (C=O) groups is 2. The van der Waals surface area contributed by atoms with E-state index in [9.17, 15) is 24.9 Å². The summed E-state index contributed by atoms with van der Waals surface area (Å²) in [5, 5.41) is 35.8. The molecule has 8 nitrogen and oxygen atoms in total. The molecule has 5 fully saturated rings. The van der Waals surface area contributed by atoms with Crippen LogP contribution in [0.4, 0.5) is 0 Å². The molecule has 8 heteroatoms. The Morgan fingerprint density at radius 1 is 1.18 bits per heavy atom. The molecule has 0 aromatic rings. The fraction of sp³-hybridized carbons (Fsp3) is 0.920. The molecule has 0 aromatic carbocycles. The topological polar surface area (TPSA) is 123 Å². The second-order valence-electron chi connectivity index (χ2n) is 11.9. The SMILES string of the molecule is CCOC(=O)[C@@H]1CC[C@]2(O)[C@H]3CC[C@@]4(O)CC(=O)C[C@@H]5OC(C)(C)OC[C@]54[C@@H]3[C@H](O)C[C@]12C. The summed E-state index contributed by atoms with van der Waals surface area (Å²) < 4.78 is 17.7. The average molecular weight is 467 g/mol. The Morgan fingerprint density at radius 2 is 1.91 bits per heavy atom. The first kappa shape index (κ1) is 23.7. The highest BCUT2D eigenvalue weighted by atomic mass is 16.7. The molecule has 1 heterocycles. The van der Waals surface area contributed by atoms with Gasteiger partial charge in [0.25, 0.3) is 0 Å². The van der Waals surface area contributed by atoms with Gasteiger partial charge in [-0.1, -0.05) is 6.92 Å². The maximum absolute atomic E-state index is 12.8. The van der Waals surface area contributed by atoms with Gasteiger partial charge in [0.15, 0.2) is 5.79 Å². The van der Waals surface area contributed by atoms with Crippen molar-refractivity contribution in [3.63, 3.8) is 0 Å². The highest BCUT2D eigenvalue weighted by molar-refractivity contribution is 5.82. The van der Waals surface area contributed by atoms with Crippen molar-refractivity contribution in [3.05, 3.63) is 0 Å². The lowest BCUT2D eigenvalue weighted by Gasteiger charge is -2.70. The molecule has 33 heavy (non-hydrogen) atoms. The van der Waals surface area contributed by atoms with Gasteiger partial charge in [-0.15, -0.1) is 0 Å². The van der Waals surface area contributed by atoms with Gasteiger partial charge in [-0.25, -0.2) is 0 Å². The standard InChI is InChI=1S/C25H38O8/c1-5-31-20(28)16-7-9-25(30)15-6-8-23(29)11-14(26)10-18-24(23,13-32-21(2,3)33-18)19(15)17(27)12-22(16,25)4/h15-19,27,29-30H,5-13H2,1-4H3/t15-,16-,17+,18-,19-,22+,23+,24+,25-/m0/s1. The molecule has 3 N–H and O–H groups in total. The van der Waals surface area contributed by atoms with E-state index in [1.807, 2.05) is 6.92 Å². The van der Waals surface area contributed by atoms with Gasteiger partial charge in [-0.2, -0.15) is 0 Å². The molecule has 0 amide bonds. The van der Waals surface area contributed by atoms with Crippen LogP contribution in [-0.4, -0.2) is 69.5 Å². The van der Waals surface area contributed by atoms with E-state index in [0.717, 1.165) is 0 Å². The third-order valence-corrected chi connectivity index (χ3v) is 10.1. The Bertz CT molecular complexity index is 857. The zero-order valence-electron chi connectivity index (χ0n) is 20.1. The molecule has 1 saturated heterocycles. The smallest absolute Gasteiger partial charge is 0.309 e. The summed E-state index contributed by atoms with van der Waals surface area (Å²) in [6.45, 7) is 7.68. The normalized spacial score (nSPS) is 52.8. The van der Waals surface area contributed by atoms with Crippen molar-refractivity contribution >= 4 is 11.8 Å². The second kappa shape index (κ2) is 7.23. The van der Waals surface area contributed by atoms with E-state index in [1.165, 1.54) is 0 Å². The number of fused-ring (bicyclic) bond motifs is 3. The summed E-state index contributed by atoms with van der Waals surface area (Å²) in [5.74, 6) is -2.63. The summed E-state index contributed by atoms with van der Waals surface area (Å²) in [6, 6.07) is 0. The van der Waals surface area contributed by atoms with Gasteiger partial charge in [0.1, 0.15) is 5.78 Å². The van der Waals surface area contributed by atoms with Crippen LogP contribution in [0.25, 0.3) is 0 Å². The number of ketones is 1. The Morgan fingerprint density at radius 3 is 2.61 bits per heavy atom. The number of hydrogen-bond donors (Lipinski definition) is 3. The first-order valence-corrected chi connectivity index (χ1v) is 12.5. The van der Waals surface area contributed by atoms with Crippen LogP contribution in [-0.2, 0) is 23.8 Å². The van der Waals surface area contributed by atoms with E-state index in [0.29, 0.717) is 25.7 Å². The van der Waals surface area contributed by atoms with E-state index >= 15 is 0 Å². The first-order valence-electron chi connectivity index (χ1n) is 12.5. The lowest BCUT2D eigenvalue weighted by Crippen LogP contribution is -2.77. The Balaban J connectivity index is 1.59. The number of carbonyl (C=O) groups excluding carboxylic acids is 2. The Kier molecular flexibility index (Phi) is 5.19. The van der Waals surface area contributed by atoms with Crippen LogP contribution in [0.2, 0.25) is 0 Å². The molecule has 186 valence electrons.